The van der Waals surface area contributed by atoms with Crippen LogP contribution in [0.1, 0.15) is 45.6 Å². The lowest BCUT2D eigenvalue weighted by Gasteiger charge is -2.43. The number of aryl methyl sites for hydroxylation is 1. The summed E-state index contributed by atoms with van der Waals surface area (Å²) in [5, 5.41) is 0. The van der Waals surface area contributed by atoms with Gasteiger partial charge in [0, 0.05) is 13.1 Å². The van der Waals surface area contributed by atoms with Crippen LogP contribution in [0.2, 0.25) is 0 Å². The van der Waals surface area contributed by atoms with E-state index in [0.717, 1.165) is 24.8 Å². The van der Waals surface area contributed by atoms with Gasteiger partial charge in [0.1, 0.15) is 0 Å². The average Bonchev–Trinajstić information content (AvgIpc) is 3.09. The molecule has 0 radical (unpaired) electrons. The minimum Gasteiger partial charge on any atom is -0.365 e. The summed E-state index contributed by atoms with van der Waals surface area (Å²) < 4.78 is 34.5. The molecule has 4 rings (SSSR count). The first-order valence-corrected chi connectivity index (χ1v) is 11.3. The number of benzene rings is 1. The van der Waals surface area contributed by atoms with Gasteiger partial charge in [-0.3, -0.25) is 0 Å². The van der Waals surface area contributed by atoms with E-state index in [2.05, 4.69) is 26.8 Å². The van der Waals surface area contributed by atoms with Crippen molar-refractivity contribution in [3.05, 3.63) is 52.6 Å². The second kappa shape index (κ2) is 6.57. The van der Waals surface area contributed by atoms with Gasteiger partial charge < -0.3 is 4.74 Å². The number of hydrogen-bond donors (Lipinski definition) is 0. The van der Waals surface area contributed by atoms with E-state index in [-0.39, 0.29) is 17.6 Å². The van der Waals surface area contributed by atoms with Crippen LogP contribution in [-0.4, -0.2) is 38.0 Å². The summed E-state index contributed by atoms with van der Waals surface area (Å²) in [5.41, 5.74) is 4.80. The summed E-state index contributed by atoms with van der Waals surface area (Å²) in [7, 11) is -3.50. The number of sulfonamides is 1. The molecule has 1 aromatic carbocycles. The predicted octanol–water partition coefficient (Wildman–Crippen LogP) is 4.22. The molecule has 27 heavy (non-hydrogen) atoms. The molecule has 0 spiro atoms. The van der Waals surface area contributed by atoms with Crippen molar-refractivity contribution < 1.29 is 13.2 Å². The minimum atomic E-state index is -3.50. The maximum Gasteiger partial charge on any atom is 0.243 e. The van der Waals surface area contributed by atoms with Crippen molar-refractivity contribution >= 4 is 10.0 Å². The van der Waals surface area contributed by atoms with E-state index in [1.165, 1.54) is 16.7 Å². The highest BCUT2D eigenvalue weighted by Crippen LogP contribution is 2.46. The predicted molar refractivity (Wildman–Crippen MR) is 107 cm³/mol. The molecule has 4 nitrogen and oxygen atoms in total. The Morgan fingerprint density at radius 1 is 1.15 bits per heavy atom. The molecule has 2 atom stereocenters. The Labute approximate surface area is 163 Å². The highest BCUT2D eigenvalue weighted by molar-refractivity contribution is 7.89. The van der Waals surface area contributed by atoms with Crippen LogP contribution in [0.15, 0.2) is 52.0 Å². The number of ether oxygens (including phenoxy) is 1. The summed E-state index contributed by atoms with van der Waals surface area (Å²) in [4.78, 5) is 0.373. The Hall–Kier alpha value is -1.43. The summed E-state index contributed by atoms with van der Waals surface area (Å²) in [6.07, 6.45) is 5.46. The van der Waals surface area contributed by atoms with Crippen molar-refractivity contribution in [2.75, 3.05) is 13.1 Å². The van der Waals surface area contributed by atoms with Crippen LogP contribution in [-0.2, 0) is 14.8 Å². The smallest absolute Gasteiger partial charge is 0.243 e. The number of nitrogens with zero attached hydrogens (tertiary/aromatic N) is 1. The molecule has 2 heterocycles. The first-order valence-electron chi connectivity index (χ1n) is 9.82. The van der Waals surface area contributed by atoms with Gasteiger partial charge >= 0.3 is 0 Å². The number of hydrogen-bond acceptors (Lipinski definition) is 3. The highest BCUT2D eigenvalue weighted by atomic mass is 32.2. The summed E-state index contributed by atoms with van der Waals surface area (Å²) in [6.45, 7) is 9.43. The molecule has 0 N–H and O–H groups in total. The maximum absolute atomic E-state index is 13.2. The minimum absolute atomic E-state index is 0.0107. The molecule has 0 saturated heterocycles. The molecule has 2 aliphatic heterocycles. The van der Waals surface area contributed by atoms with E-state index in [1.54, 1.807) is 16.4 Å². The van der Waals surface area contributed by atoms with Crippen molar-refractivity contribution in [3.63, 3.8) is 0 Å². The van der Waals surface area contributed by atoms with Crippen LogP contribution in [0.3, 0.4) is 0 Å². The fraction of sp³-hybridized carbons (Fsp3) is 0.545. The molecule has 5 heteroatoms. The second-order valence-electron chi connectivity index (χ2n) is 9.04. The van der Waals surface area contributed by atoms with Crippen LogP contribution in [0.25, 0.3) is 0 Å². The first-order chi connectivity index (χ1) is 12.7. The summed E-state index contributed by atoms with van der Waals surface area (Å²) >= 11 is 0. The summed E-state index contributed by atoms with van der Waals surface area (Å²) in [5.74, 6) is 0. The molecule has 3 aliphatic rings. The number of rotatable bonds is 2. The van der Waals surface area contributed by atoms with Crippen molar-refractivity contribution in [1.82, 2.24) is 4.31 Å². The Bertz CT molecular complexity index is 904. The van der Waals surface area contributed by atoms with E-state index in [1.807, 2.05) is 19.1 Å². The van der Waals surface area contributed by atoms with Crippen LogP contribution < -0.4 is 0 Å². The van der Waals surface area contributed by atoms with Gasteiger partial charge in [0.2, 0.25) is 10.0 Å². The lowest BCUT2D eigenvalue weighted by atomic mass is 9.77. The fourth-order valence-corrected chi connectivity index (χ4v) is 5.81. The van der Waals surface area contributed by atoms with Gasteiger partial charge in [-0.25, -0.2) is 8.42 Å². The van der Waals surface area contributed by atoms with Gasteiger partial charge in [-0.05, 0) is 60.5 Å². The first kappa shape index (κ1) is 18.9. The Balaban J connectivity index is 1.73. The van der Waals surface area contributed by atoms with Gasteiger partial charge in [-0.1, -0.05) is 44.5 Å². The van der Waals surface area contributed by atoms with Gasteiger partial charge in [0.25, 0.3) is 0 Å². The van der Waals surface area contributed by atoms with Crippen molar-refractivity contribution in [1.29, 1.82) is 0 Å². The van der Waals surface area contributed by atoms with Crippen molar-refractivity contribution in [2.24, 2.45) is 5.41 Å². The molecule has 1 aromatic rings. The Morgan fingerprint density at radius 2 is 1.85 bits per heavy atom. The zero-order valence-corrected chi connectivity index (χ0v) is 17.5. The molecule has 1 fully saturated rings. The molecule has 1 aliphatic carbocycles. The molecule has 0 bridgehead atoms. The topological polar surface area (TPSA) is 46.6 Å². The molecule has 1 saturated carbocycles. The molecule has 0 unspecified atom stereocenters. The molecule has 0 amide bonds. The zero-order chi connectivity index (χ0) is 19.4. The third-order valence-corrected chi connectivity index (χ3v) is 7.74. The van der Waals surface area contributed by atoms with Crippen LogP contribution in [0, 0.1) is 12.3 Å². The van der Waals surface area contributed by atoms with Crippen LogP contribution in [0.5, 0.6) is 0 Å². The average molecular weight is 388 g/mol. The standard InChI is InChI=1S/C22H29NO3S/c1-15-8-10-16(11-9-15)27(24,25)23-13-12-18-19(14-23)17-6-5-7-20(17)26-21(18)22(2,3)4/h8-12,20-21H,5-7,13-14H2,1-4H3/t20-,21+/m0/s1. The van der Waals surface area contributed by atoms with E-state index in [4.69, 9.17) is 4.74 Å². The molecular formula is C22H29NO3S. The Morgan fingerprint density at radius 3 is 2.52 bits per heavy atom. The SMILES string of the molecule is Cc1ccc(S(=O)(=O)N2CC=C3C(=C4CCC[C@@H]4O[C@H]3C(C)(C)C)C2)cc1. The van der Waals surface area contributed by atoms with Gasteiger partial charge in [0.05, 0.1) is 17.1 Å². The Kier molecular flexibility index (Phi) is 4.60. The van der Waals surface area contributed by atoms with Crippen LogP contribution in [0.4, 0.5) is 0 Å². The maximum atomic E-state index is 13.2. The molecule has 146 valence electrons. The highest BCUT2D eigenvalue weighted by Gasteiger charge is 2.43. The fourth-order valence-electron chi connectivity index (χ4n) is 4.47. The lowest BCUT2D eigenvalue weighted by molar-refractivity contribution is -0.0340. The van der Waals surface area contributed by atoms with Gasteiger partial charge in [-0.2, -0.15) is 4.31 Å². The van der Waals surface area contributed by atoms with E-state index in [0.29, 0.717) is 18.0 Å². The quantitative estimate of drug-likeness (QED) is 0.763. The van der Waals surface area contributed by atoms with E-state index in [9.17, 15) is 8.42 Å². The second-order valence-corrected chi connectivity index (χ2v) is 11.0. The largest absolute Gasteiger partial charge is 0.365 e. The van der Waals surface area contributed by atoms with Gasteiger partial charge in [-0.15, -0.1) is 0 Å². The molecule has 0 aromatic heterocycles. The van der Waals surface area contributed by atoms with Gasteiger partial charge in [0.15, 0.2) is 0 Å². The molecular weight excluding hydrogens is 358 g/mol. The van der Waals surface area contributed by atoms with E-state index >= 15 is 0 Å². The van der Waals surface area contributed by atoms with Crippen LogP contribution >= 0.6 is 0 Å². The lowest BCUT2D eigenvalue weighted by Crippen LogP contribution is -2.45. The monoisotopic (exact) mass is 387 g/mol. The van der Waals surface area contributed by atoms with E-state index < -0.39 is 10.0 Å². The normalized spacial score (nSPS) is 26.6. The third kappa shape index (κ3) is 3.30. The summed E-state index contributed by atoms with van der Waals surface area (Å²) in [6, 6.07) is 7.14. The number of fused-ring (bicyclic) bond motifs is 2. The zero-order valence-electron chi connectivity index (χ0n) is 16.7. The van der Waals surface area contributed by atoms with Crippen molar-refractivity contribution in [3.8, 4) is 0 Å². The van der Waals surface area contributed by atoms with Crippen molar-refractivity contribution in [2.45, 2.75) is 64.1 Å². The third-order valence-electron chi connectivity index (χ3n) is 5.91.